The molecule has 0 unspecified atom stereocenters. The molecule has 0 aliphatic carbocycles. The molecular weight excluding hydrogens is 212 g/mol. The lowest BCUT2D eigenvalue weighted by Gasteiger charge is -2.30. The molecule has 100 valence electrons. The molecule has 3 nitrogen and oxygen atoms in total. The standard InChI is InChI=1S/C14H28N2O/c1-13(17)5-4-9-15(2)10-6-14-7-11-16(3)12-8-14/h14H,4-12H2,1-3H3. The highest BCUT2D eigenvalue weighted by Gasteiger charge is 2.16. The first kappa shape index (κ1) is 14.7. The zero-order valence-corrected chi connectivity index (χ0v) is 11.7. The number of hydrogen-bond acceptors (Lipinski definition) is 3. The van der Waals surface area contributed by atoms with E-state index in [0.717, 1.165) is 25.3 Å². The first-order valence-electron chi connectivity index (χ1n) is 6.94. The van der Waals surface area contributed by atoms with Crippen LogP contribution in [0.15, 0.2) is 0 Å². The maximum absolute atomic E-state index is 10.8. The Morgan fingerprint density at radius 1 is 1.29 bits per heavy atom. The molecule has 1 aliphatic rings. The van der Waals surface area contributed by atoms with Gasteiger partial charge >= 0.3 is 0 Å². The summed E-state index contributed by atoms with van der Waals surface area (Å²) < 4.78 is 0. The predicted molar refractivity (Wildman–Crippen MR) is 72.3 cm³/mol. The van der Waals surface area contributed by atoms with Gasteiger partial charge in [-0.2, -0.15) is 0 Å². The second-order valence-corrected chi connectivity index (χ2v) is 5.64. The fourth-order valence-electron chi connectivity index (χ4n) is 2.46. The summed E-state index contributed by atoms with van der Waals surface area (Å²) in [5, 5.41) is 0. The first-order valence-corrected chi connectivity index (χ1v) is 6.94. The zero-order valence-electron chi connectivity index (χ0n) is 11.7. The molecule has 0 atom stereocenters. The molecule has 0 saturated carbocycles. The Morgan fingerprint density at radius 3 is 2.53 bits per heavy atom. The van der Waals surface area contributed by atoms with Gasteiger partial charge in [-0.15, -0.1) is 0 Å². The second kappa shape index (κ2) is 7.83. The predicted octanol–water partition coefficient (Wildman–Crippen LogP) is 2.02. The summed E-state index contributed by atoms with van der Waals surface area (Å²) >= 11 is 0. The van der Waals surface area contributed by atoms with E-state index in [1.165, 1.54) is 38.9 Å². The van der Waals surface area contributed by atoms with Crippen molar-refractivity contribution in [2.45, 2.75) is 39.0 Å². The molecule has 0 bridgehead atoms. The van der Waals surface area contributed by atoms with Crippen LogP contribution in [0.3, 0.4) is 0 Å². The maximum atomic E-state index is 10.8. The molecule has 1 fully saturated rings. The minimum atomic E-state index is 0.314. The van der Waals surface area contributed by atoms with Crippen LogP contribution in [0.25, 0.3) is 0 Å². The van der Waals surface area contributed by atoms with Crippen LogP contribution >= 0.6 is 0 Å². The van der Waals surface area contributed by atoms with E-state index in [4.69, 9.17) is 0 Å². The van der Waals surface area contributed by atoms with E-state index < -0.39 is 0 Å². The summed E-state index contributed by atoms with van der Waals surface area (Å²) in [5.74, 6) is 1.23. The van der Waals surface area contributed by atoms with Gasteiger partial charge in [0.1, 0.15) is 5.78 Å². The number of likely N-dealkylation sites (tertiary alicyclic amines) is 1. The summed E-state index contributed by atoms with van der Waals surface area (Å²) in [7, 11) is 4.39. The number of carbonyl (C=O) groups is 1. The average molecular weight is 240 g/mol. The van der Waals surface area contributed by atoms with E-state index >= 15 is 0 Å². The summed E-state index contributed by atoms with van der Waals surface area (Å²) in [6.07, 6.45) is 5.79. The molecule has 17 heavy (non-hydrogen) atoms. The Balaban J connectivity index is 2.03. The van der Waals surface area contributed by atoms with E-state index in [-0.39, 0.29) is 0 Å². The number of Topliss-reactive ketones (excluding diaryl/α,β-unsaturated/α-hetero) is 1. The molecule has 1 saturated heterocycles. The van der Waals surface area contributed by atoms with Crippen molar-refractivity contribution < 1.29 is 4.79 Å². The second-order valence-electron chi connectivity index (χ2n) is 5.64. The van der Waals surface area contributed by atoms with Crippen LogP contribution in [-0.2, 0) is 4.79 Å². The van der Waals surface area contributed by atoms with Crippen LogP contribution in [-0.4, -0.2) is 55.9 Å². The van der Waals surface area contributed by atoms with Gasteiger partial charge in [0.2, 0.25) is 0 Å². The molecule has 0 aromatic rings. The first-order chi connectivity index (χ1) is 8.08. The van der Waals surface area contributed by atoms with Gasteiger partial charge < -0.3 is 14.6 Å². The van der Waals surface area contributed by atoms with Crippen molar-refractivity contribution in [3.05, 3.63) is 0 Å². The zero-order chi connectivity index (χ0) is 12.7. The molecule has 0 amide bonds. The van der Waals surface area contributed by atoms with Crippen molar-refractivity contribution in [2.75, 3.05) is 40.3 Å². The largest absolute Gasteiger partial charge is 0.306 e. The van der Waals surface area contributed by atoms with Crippen LogP contribution in [0.1, 0.15) is 39.0 Å². The van der Waals surface area contributed by atoms with E-state index in [2.05, 4.69) is 23.9 Å². The molecule has 0 radical (unpaired) electrons. The lowest BCUT2D eigenvalue weighted by Crippen LogP contribution is -2.32. The van der Waals surface area contributed by atoms with Gasteiger partial charge in [0, 0.05) is 6.42 Å². The Morgan fingerprint density at radius 2 is 1.94 bits per heavy atom. The molecule has 3 heteroatoms. The highest BCUT2D eigenvalue weighted by Crippen LogP contribution is 2.19. The van der Waals surface area contributed by atoms with Crippen LogP contribution in [0, 0.1) is 5.92 Å². The fraction of sp³-hybridized carbons (Fsp3) is 0.929. The van der Waals surface area contributed by atoms with Gasteiger partial charge in [-0.3, -0.25) is 0 Å². The van der Waals surface area contributed by atoms with Crippen molar-refractivity contribution in [1.82, 2.24) is 9.80 Å². The van der Waals surface area contributed by atoms with Crippen molar-refractivity contribution in [2.24, 2.45) is 5.92 Å². The highest BCUT2D eigenvalue weighted by atomic mass is 16.1. The van der Waals surface area contributed by atoms with E-state index in [1.54, 1.807) is 6.92 Å². The van der Waals surface area contributed by atoms with Crippen LogP contribution in [0.5, 0.6) is 0 Å². The van der Waals surface area contributed by atoms with Gasteiger partial charge in [0.05, 0.1) is 0 Å². The smallest absolute Gasteiger partial charge is 0.129 e. The van der Waals surface area contributed by atoms with Crippen molar-refractivity contribution in [3.63, 3.8) is 0 Å². The topological polar surface area (TPSA) is 23.6 Å². The molecule has 1 aliphatic heterocycles. The average Bonchev–Trinajstić information content (AvgIpc) is 2.28. The molecule has 0 aromatic carbocycles. The molecule has 1 rings (SSSR count). The third-order valence-corrected chi connectivity index (χ3v) is 3.83. The van der Waals surface area contributed by atoms with E-state index in [9.17, 15) is 4.79 Å². The molecule has 1 heterocycles. The SMILES string of the molecule is CC(=O)CCCN(C)CCC1CCN(C)CC1. The quantitative estimate of drug-likeness (QED) is 0.680. The Bertz CT molecular complexity index is 222. The molecule has 0 aromatic heterocycles. The lowest BCUT2D eigenvalue weighted by atomic mass is 9.94. The number of carbonyl (C=O) groups excluding carboxylic acids is 1. The molecule has 0 N–H and O–H groups in total. The monoisotopic (exact) mass is 240 g/mol. The number of ketones is 1. The Hall–Kier alpha value is -0.410. The summed E-state index contributed by atoms with van der Waals surface area (Å²) in [5.41, 5.74) is 0. The van der Waals surface area contributed by atoms with Gasteiger partial charge in [-0.05, 0) is 78.8 Å². The normalized spacial score (nSPS) is 18.8. The van der Waals surface area contributed by atoms with Crippen molar-refractivity contribution >= 4 is 5.78 Å². The van der Waals surface area contributed by atoms with Crippen LogP contribution in [0.4, 0.5) is 0 Å². The Labute approximate surface area is 106 Å². The van der Waals surface area contributed by atoms with E-state index in [0.29, 0.717) is 5.78 Å². The van der Waals surface area contributed by atoms with Gasteiger partial charge in [0.25, 0.3) is 0 Å². The maximum Gasteiger partial charge on any atom is 0.129 e. The minimum absolute atomic E-state index is 0.314. The lowest BCUT2D eigenvalue weighted by molar-refractivity contribution is -0.117. The van der Waals surface area contributed by atoms with Crippen LogP contribution in [0.2, 0.25) is 0 Å². The van der Waals surface area contributed by atoms with Gasteiger partial charge in [-0.1, -0.05) is 0 Å². The minimum Gasteiger partial charge on any atom is -0.306 e. The van der Waals surface area contributed by atoms with Crippen molar-refractivity contribution in [1.29, 1.82) is 0 Å². The summed E-state index contributed by atoms with van der Waals surface area (Å²) in [4.78, 5) is 15.6. The summed E-state index contributed by atoms with van der Waals surface area (Å²) in [6, 6.07) is 0. The van der Waals surface area contributed by atoms with Gasteiger partial charge in [0.15, 0.2) is 0 Å². The third kappa shape index (κ3) is 6.79. The van der Waals surface area contributed by atoms with Crippen LogP contribution < -0.4 is 0 Å². The van der Waals surface area contributed by atoms with Gasteiger partial charge in [-0.25, -0.2) is 0 Å². The number of piperidine rings is 1. The van der Waals surface area contributed by atoms with E-state index in [1.807, 2.05) is 0 Å². The number of hydrogen-bond donors (Lipinski definition) is 0. The fourth-order valence-corrected chi connectivity index (χ4v) is 2.46. The number of nitrogens with zero attached hydrogens (tertiary/aromatic N) is 2. The summed E-state index contributed by atoms with van der Waals surface area (Å²) in [6.45, 7) is 6.45. The number of rotatable bonds is 7. The van der Waals surface area contributed by atoms with Crippen molar-refractivity contribution in [3.8, 4) is 0 Å². The molecular formula is C14H28N2O. The molecule has 0 spiro atoms. The third-order valence-electron chi connectivity index (χ3n) is 3.83. The highest BCUT2D eigenvalue weighted by molar-refractivity contribution is 5.75. The Kier molecular flexibility index (Phi) is 6.75.